The molecule has 0 N–H and O–H groups in total. The van der Waals surface area contributed by atoms with Crippen molar-refractivity contribution in [3.63, 3.8) is 0 Å². The Morgan fingerprint density at radius 1 is 0.364 bits per heavy atom. The predicted molar refractivity (Wildman–Crippen MR) is 177 cm³/mol. The minimum absolute atomic E-state index is 0.254. The Morgan fingerprint density at radius 2 is 0.636 bits per heavy atom. The summed E-state index contributed by atoms with van der Waals surface area (Å²) in [6, 6.07) is 45.0. The van der Waals surface area contributed by atoms with Crippen LogP contribution in [0.3, 0.4) is 0 Å². The number of benzene rings is 6. The lowest BCUT2D eigenvalue weighted by Gasteiger charge is -2.28. The van der Waals surface area contributed by atoms with Crippen molar-refractivity contribution < 1.29 is 13.2 Å². The third-order valence-corrected chi connectivity index (χ3v) is 13.2. The molecule has 218 valence electrons. The van der Waals surface area contributed by atoms with Crippen molar-refractivity contribution in [2.75, 3.05) is 0 Å². The predicted octanol–water partition coefficient (Wildman–Crippen LogP) is 8.08. The van der Waals surface area contributed by atoms with Gasteiger partial charge in [-0.3, -0.25) is 0 Å². The molecule has 5 heteroatoms. The second-order valence-electron chi connectivity index (χ2n) is 11.2. The monoisotopic (exact) mass is 618 g/mol. The van der Waals surface area contributed by atoms with Gasteiger partial charge in [-0.05, 0) is 105 Å². The zero-order valence-electron chi connectivity index (χ0n) is 24.0. The van der Waals surface area contributed by atoms with Gasteiger partial charge in [-0.25, -0.2) is 13.2 Å². The Morgan fingerprint density at radius 3 is 0.909 bits per heavy atom. The average Bonchev–Trinajstić information content (AvgIpc) is 3.04. The van der Waals surface area contributed by atoms with Crippen LogP contribution in [0.5, 0.6) is 0 Å². The second-order valence-corrected chi connectivity index (χ2v) is 15.9. The molecule has 0 unspecified atom stereocenters. The van der Waals surface area contributed by atoms with E-state index in [-0.39, 0.29) is 17.5 Å². The smallest absolute Gasteiger partial charge is 0.207 e. The molecule has 0 heterocycles. The van der Waals surface area contributed by atoms with Crippen LogP contribution in [-0.4, -0.2) is 7.38 Å². The molecule has 0 radical (unpaired) electrons. The summed E-state index contributed by atoms with van der Waals surface area (Å²) in [6.45, 7) is 0. The molecule has 0 aliphatic rings. The van der Waals surface area contributed by atoms with Gasteiger partial charge in [0, 0.05) is 0 Å². The fourth-order valence-electron chi connectivity index (χ4n) is 5.70. The fraction of sp³-hybridized carbons (Fsp3) is 0.0769. The summed E-state index contributed by atoms with van der Waals surface area (Å²) in [5.41, 5.74) is 6.35. The molecule has 0 amide bonds. The van der Waals surface area contributed by atoms with Gasteiger partial charge >= 0.3 is 0 Å². The zero-order valence-corrected chi connectivity index (χ0v) is 25.7. The Kier molecular flexibility index (Phi) is 8.83. The van der Waals surface area contributed by atoms with Gasteiger partial charge in [-0.1, -0.05) is 109 Å². The van der Waals surface area contributed by atoms with Crippen molar-refractivity contribution >= 4 is 34.0 Å². The lowest BCUT2D eigenvalue weighted by molar-refractivity contribution is 0.627. The van der Waals surface area contributed by atoms with Crippen LogP contribution in [0.15, 0.2) is 146 Å². The van der Waals surface area contributed by atoms with E-state index in [9.17, 15) is 13.2 Å². The third kappa shape index (κ3) is 6.88. The van der Waals surface area contributed by atoms with Crippen molar-refractivity contribution in [1.29, 1.82) is 0 Å². The molecule has 0 aliphatic carbocycles. The van der Waals surface area contributed by atoms with Gasteiger partial charge in [-0.2, -0.15) is 0 Å². The van der Waals surface area contributed by atoms with Crippen molar-refractivity contribution in [2.45, 2.75) is 19.3 Å². The Balaban J connectivity index is 1.42. The van der Waals surface area contributed by atoms with Crippen molar-refractivity contribution in [3.8, 4) is 0 Å². The Hall–Kier alpha value is -4.38. The maximum Gasteiger partial charge on any atom is 0.247 e. The average molecular weight is 619 g/mol. The SMILES string of the molecule is Fc1ccc(Cc2cccc([Si](Cl)(c3cccc(Cc4ccc(F)cc4)c3)c3cccc(Cc4ccc(F)cc4)c3)c2)cc1. The fourth-order valence-corrected chi connectivity index (χ4v) is 9.89. The molecule has 44 heavy (non-hydrogen) atoms. The van der Waals surface area contributed by atoms with E-state index in [0.29, 0.717) is 19.3 Å². The standard InChI is InChI=1S/C39H30ClF3Si/c40-44(37-7-1-4-31(25-37)22-28-10-16-34(41)17-11-28,38-8-2-5-32(26-38)23-29-12-18-35(42)19-13-29)39-9-3-6-33(27-39)24-30-14-20-36(43)21-15-30/h1-21,25-27H,22-24H2. The van der Waals surface area contributed by atoms with Crippen LogP contribution in [-0.2, 0) is 19.3 Å². The van der Waals surface area contributed by atoms with E-state index in [1.54, 1.807) is 0 Å². The molecule has 0 aliphatic heterocycles. The highest BCUT2D eigenvalue weighted by molar-refractivity contribution is 7.40. The minimum Gasteiger partial charge on any atom is -0.207 e. The van der Waals surface area contributed by atoms with E-state index in [0.717, 1.165) is 48.9 Å². The second kappa shape index (κ2) is 13.1. The number of rotatable bonds is 9. The van der Waals surface area contributed by atoms with Crippen LogP contribution >= 0.6 is 11.1 Å². The molecule has 0 nitrogen and oxygen atoms in total. The van der Waals surface area contributed by atoms with Gasteiger partial charge in [0.2, 0.25) is 7.38 Å². The van der Waals surface area contributed by atoms with E-state index in [2.05, 4.69) is 54.6 Å². The lowest BCUT2D eigenvalue weighted by atomic mass is 10.1. The summed E-state index contributed by atoms with van der Waals surface area (Å²) in [6.07, 6.45) is 1.97. The van der Waals surface area contributed by atoms with E-state index in [1.165, 1.54) is 36.4 Å². The highest BCUT2D eigenvalue weighted by Crippen LogP contribution is 2.19. The number of halogens is 4. The molecule has 6 aromatic rings. The molecule has 0 spiro atoms. The summed E-state index contributed by atoms with van der Waals surface area (Å²) in [4.78, 5) is 0. The van der Waals surface area contributed by atoms with Crippen LogP contribution in [0.1, 0.15) is 33.4 Å². The summed E-state index contributed by atoms with van der Waals surface area (Å²) in [5.74, 6) is -0.762. The topological polar surface area (TPSA) is 0 Å². The molecule has 0 saturated heterocycles. The minimum atomic E-state index is -3.06. The molecular formula is C39H30ClF3Si. The lowest BCUT2D eigenvalue weighted by Crippen LogP contribution is -2.63. The van der Waals surface area contributed by atoms with Crippen molar-refractivity contribution in [1.82, 2.24) is 0 Å². The molecule has 0 fully saturated rings. The molecule has 0 atom stereocenters. The van der Waals surface area contributed by atoms with E-state index >= 15 is 0 Å². The quantitative estimate of drug-likeness (QED) is 0.0873. The summed E-state index contributed by atoms with van der Waals surface area (Å²) < 4.78 is 40.7. The maximum absolute atomic E-state index is 13.6. The number of hydrogen-bond acceptors (Lipinski definition) is 0. The zero-order chi connectivity index (χ0) is 30.5. The highest BCUT2D eigenvalue weighted by Gasteiger charge is 2.38. The van der Waals surface area contributed by atoms with E-state index in [1.807, 2.05) is 54.6 Å². The molecular weight excluding hydrogens is 589 g/mol. The first kappa shape index (κ1) is 29.7. The van der Waals surface area contributed by atoms with Crippen LogP contribution in [0, 0.1) is 17.5 Å². The van der Waals surface area contributed by atoms with E-state index < -0.39 is 7.38 Å². The van der Waals surface area contributed by atoms with Gasteiger partial charge in [0.25, 0.3) is 0 Å². The largest absolute Gasteiger partial charge is 0.247 e. The summed E-state index contributed by atoms with van der Waals surface area (Å²) >= 11 is 7.99. The van der Waals surface area contributed by atoms with Gasteiger partial charge in [-0.15, -0.1) is 11.1 Å². The van der Waals surface area contributed by atoms with E-state index in [4.69, 9.17) is 11.1 Å². The van der Waals surface area contributed by atoms with Crippen LogP contribution < -0.4 is 15.6 Å². The summed E-state index contributed by atoms with van der Waals surface area (Å²) in [7, 11) is -3.06. The molecule has 0 aromatic heterocycles. The molecule has 6 rings (SSSR count). The van der Waals surface area contributed by atoms with Crippen LogP contribution in [0.25, 0.3) is 0 Å². The highest BCUT2D eigenvalue weighted by atomic mass is 35.6. The first-order valence-electron chi connectivity index (χ1n) is 14.6. The normalized spacial score (nSPS) is 11.5. The third-order valence-electron chi connectivity index (χ3n) is 7.94. The molecule has 6 aromatic carbocycles. The van der Waals surface area contributed by atoms with Gasteiger partial charge in [0.1, 0.15) is 17.5 Å². The number of hydrogen-bond donors (Lipinski definition) is 0. The van der Waals surface area contributed by atoms with Gasteiger partial charge in [0.05, 0.1) is 0 Å². The maximum atomic E-state index is 13.6. The Bertz CT molecular complexity index is 1650. The molecule has 0 bridgehead atoms. The molecule has 0 saturated carbocycles. The summed E-state index contributed by atoms with van der Waals surface area (Å²) in [5, 5.41) is 3.16. The van der Waals surface area contributed by atoms with Crippen molar-refractivity contribution in [2.24, 2.45) is 0 Å². The first-order valence-corrected chi connectivity index (χ1v) is 17.6. The van der Waals surface area contributed by atoms with Crippen molar-refractivity contribution in [3.05, 3.63) is 196 Å². The first-order chi connectivity index (χ1) is 21.3. The van der Waals surface area contributed by atoms with Crippen LogP contribution in [0.2, 0.25) is 0 Å². The van der Waals surface area contributed by atoms with Gasteiger partial charge in [0.15, 0.2) is 0 Å². The van der Waals surface area contributed by atoms with Crippen LogP contribution in [0.4, 0.5) is 13.2 Å². The Labute approximate surface area is 262 Å². The van der Waals surface area contributed by atoms with Gasteiger partial charge < -0.3 is 0 Å².